The van der Waals surface area contributed by atoms with Gasteiger partial charge in [-0.2, -0.15) is 0 Å². The van der Waals surface area contributed by atoms with Crippen molar-refractivity contribution in [3.8, 4) is 5.75 Å². The van der Waals surface area contributed by atoms with Crippen LogP contribution >= 0.6 is 15.9 Å². The SMILES string of the molecule is CCCOC(=O)c1cccc(NC(=O)CCCOc2ccc(C)cc2Br)c1. The second kappa shape index (κ2) is 10.7. The molecule has 0 saturated heterocycles. The summed E-state index contributed by atoms with van der Waals surface area (Å²) in [5.41, 5.74) is 2.15. The minimum Gasteiger partial charge on any atom is -0.492 e. The molecule has 0 aromatic heterocycles. The number of halogens is 1. The molecule has 1 N–H and O–H groups in total. The van der Waals surface area contributed by atoms with E-state index in [4.69, 9.17) is 9.47 Å². The van der Waals surface area contributed by atoms with Crippen molar-refractivity contribution in [2.45, 2.75) is 33.1 Å². The lowest BCUT2D eigenvalue weighted by molar-refractivity contribution is -0.116. The van der Waals surface area contributed by atoms with Gasteiger partial charge in [0.15, 0.2) is 0 Å². The molecule has 2 aromatic carbocycles. The van der Waals surface area contributed by atoms with Crippen LogP contribution in [-0.4, -0.2) is 25.1 Å². The van der Waals surface area contributed by atoms with Crippen LogP contribution in [0.3, 0.4) is 0 Å². The van der Waals surface area contributed by atoms with Crippen LogP contribution in [0.15, 0.2) is 46.9 Å². The second-order valence-corrected chi connectivity index (χ2v) is 7.01. The van der Waals surface area contributed by atoms with E-state index >= 15 is 0 Å². The van der Waals surface area contributed by atoms with Gasteiger partial charge in [-0.05, 0) is 71.6 Å². The highest BCUT2D eigenvalue weighted by Gasteiger charge is 2.09. The number of benzene rings is 2. The van der Waals surface area contributed by atoms with Gasteiger partial charge in [0.05, 0.1) is 23.2 Å². The number of rotatable bonds is 9. The monoisotopic (exact) mass is 433 g/mol. The number of nitrogens with one attached hydrogen (secondary N) is 1. The molecule has 0 spiro atoms. The molecule has 6 heteroatoms. The molecule has 0 aliphatic carbocycles. The maximum atomic E-state index is 12.1. The van der Waals surface area contributed by atoms with Crippen molar-refractivity contribution in [3.63, 3.8) is 0 Å². The quantitative estimate of drug-likeness (QED) is 0.440. The summed E-state index contributed by atoms with van der Waals surface area (Å²) >= 11 is 3.46. The van der Waals surface area contributed by atoms with Gasteiger partial charge < -0.3 is 14.8 Å². The predicted octanol–water partition coefficient (Wildman–Crippen LogP) is 5.12. The summed E-state index contributed by atoms with van der Waals surface area (Å²) < 4.78 is 11.7. The van der Waals surface area contributed by atoms with Gasteiger partial charge in [0.1, 0.15) is 5.75 Å². The second-order valence-electron chi connectivity index (χ2n) is 6.15. The van der Waals surface area contributed by atoms with Gasteiger partial charge >= 0.3 is 5.97 Å². The van der Waals surface area contributed by atoms with E-state index in [0.29, 0.717) is 37.3 Å². The fourth-order valence-corrected chi connectivity index (χ4v) is 2.97. The smallest absolute Gasteiger partial charge is 0.338 e. The molecule has 27 heavy (non-hydrogen) atoms. The number of amides is 1. The third kappa shape index (κ3) is 7.06. The fraction of sp³-hybridized carbons (Fsp3) is 0.333. The van der Waals surface area contributed by atoms with Crippen LogP contribution in [0.25, 0.3) is 0 Å². The van der Waals surface area contributed by atoms with E-state index in [1.165, 1.54) is 0 Å². The highest BCUT2D eigenvalue weighted by Crippen LogP contribution is 2.25. The lowest BCUT2D eigenvalue weighted by atomic mass is 10.2. The molecule has 0 unspecified atom stereocenters. The Morgan fingerprint density at radius 1 is 1.11 bits per heavy atom. The van der Waals surface area contributed by atoms with Crippen molar-refractivity contribution in [3.05, 3.63) is 58.1 Å². The molecule has 144 valence electrons. The normalized spacial score (nSPS) is 10.3. The van der Waals surface area contributed by atoms with E-state index < -0.39 is 0 Å². The van der Waals surface area contributed by atoms with Crippen LogP contribution in [0.4, 0.5) is 5.69 Å². The molecule has 0 fully saturated rings. The van der Waals surface area contributed by atoms with Crippen LogP contribution in [-0.2, 0) is 9.53 Å². The Balaban J connectivity index is 1.77. The molecular weight excluding hydrogens is 410 g/mol. The Morgan fingerprint density at radius 3 is 2.67 bits per heavy atom. The van der Waals surface area contributed by atoms with E-state index in [1.54, 1.807) is 24.3 Å². The van der Waals surface area contributed by atoms with Crippen LogP contribution in [0, 0.1) is 6.92 Å². The van der Waals surface area contributed by atoms with Gasteiger partial charge in [0, 0.05) is 12.1 Å². The first-order valence-electron chi connectivity index (χ1n) is 8.95. The number of esters is 1. The lowest BCUT2D eigenvalue weighted by Crippen LogP contribution is -2.13. The molecule has 0 bridgehead atoms. The Labute approximate surface area is 168 Å². The molecule has 0 aliphatic rings. The first-order chi connectivity index (χ1) is 13.0. The first kappa shape index (κ1) is 21.0. The van der Waals surface area contributed by atoms with Crippen molar-refractivity contribution in [2.75, 3.05) is 18.5 Å². The standard InChI is InChI=1S/C21H24BrNO4/c1-3-11-27-21(25)16-6-4-7-17(14-16)23-20(24)8-5-12-26-19-10-9-15(2)13-18(19)22/h4,6-7,9-10,13-14H,3,5,8,11-12H2,1-2H3,(H,23,24). The van der Waals surface area contributed by atoms with Crippen molar-refractivity contribution in [1.29, 1.82) is 0 Å². The van der Waals surface area contributed by atoms with Crippen LogP contribution in [0.2, 0.25) is 0 Å². The summed E-state index contributed by atoms with van der Waals surface area (Å²) in [5.74, 6) is 0.255. The van der Waals surface area contributed by atoms with Gasteiger partial charge in [-0.1, -0.05) is 19.1 Å². The van der Waals surface area contributed by atoms with E-state index in [0.717, 1.165) is 22.2 Å². The summed E-state index contributed by atoms with van der Waals surface area (Å²) in [4.78, 5) is 24.0. The van der Waals surface area contributed by atoms with Gasteiger partial charge in [-0.25, -0.2) is 4.79 Å². The van der Waals surface area contributed by atoms with E-state index in [1.807, 2.05) is 32.0 Å². The molecule has 2 rings (SSSR count). The number of anilines is 1. The lowest BCUT2D eigenvalue weighted by Gasteiger charge is -2.10. The molecule has 0 saturated carbocycles. The zero-order chi connectivity index (χ0) is 19.6. The Hall–Kier alpha value is -2.34. The number of carbonyl (C=O) groups is 2. The van der Waals surface area contributed by atoms with Crippen molar-refractivity contribution in [2.24, 2.45) is 0 Å². The number of carbonyl (C=O) groups excluding carboxylic acids is 2. The Bertz CT molecular complexity index is 792. The largest absolute Gasteiger partial charge is 0.492 e. The van der Waals surface area contributed by atoms with E-state index in [2.05, 4.69) is 21.2 Å². The summed E-state index contributed by atoms with van der Waals surface area (Å²) in [7, 11) is 0. The molecule has 5 nitrogen and oxygen atoms in total. The minimum atomic E-state index is -0.384. The molecule has 0 heterocycles. The Morgan fingerprint density at radius 2 is 1.93 bits per heavy atom. The highest BCUT2D eigenvalue weighted by molar-refractivity contribution is 9.10. The summed E-state index contributed by atoms with van der Waals surface area (Å²) in [6, 6.07) is 12.6. The van der Waals surface area contributed by atoms with Crippen molar-refractivity contribution >= 4 is 33.5 Å². The number of aryl methyl sites for hydroxylation is 1. The van der Waals surface area contributed by atoms with Gasteiger partial charge in [-0.15, -0.1) is 0 Å². The van der Waals surface area contributed by atoms with Gasteiger partial charge in [0.25, 0.3) is 0 Å². The maximum Gasteiger partial charge on any atom is 0.338 e. The van der Waals surface area contributed by atoms with Crippen LogP contribution < -0.4 is 10.1 Å². The minimum absolute atomic E-state index is 0.124. The fourth-order valence-electron chi connectivity index (χ4n) is 2.36. The van der Waals surface area contributed by atoms with Crippen LogP contribution in [0.1, 0.15) is 42.1 Å². The molecular formula is C21H24BrNO4. The number of hydrogen-bond acceptors (Lipinski definition) is 4. The topological polar surface area (TPSA) is 64.6 Å². The summed E-state index contributed by atoms with van der Waals surface area (Å²) in [6.45, 7) is 4.77. The molecule has 0 aliphatic heterocycles. The molecule has 2 aromatic rings. The predicted molar refractivity (Wildman–Crippen MR) is 109 cm³/mol. The number of ether oxygens (including phenoxy) is 2. The summed E-state index contributed by atoms with van der Waals surface area (Å²) in [6.07, 6.45) is 1.68. The van der Waals surface area contributed by atoms with Crippen molar-refractivity contribution < 1.29 is 19.1 Å². The average molecular weight is 434 g/mol. The molecule has 1 amide bonds. The highest BCUT2D eigenvalue weighted by atomic mass is 79.9. The third-order valence-electron chi connectivity index (χ3n) is 3.71. The van der Waals surface area contributed by atoms with E-state index in [-0.39, 0.29) is 11.9 Å². The zero-order valence-corrected chi connectivity index (χ0v) is 17.2. The van der Waals surface area contributed by atoms with Crippen LogP contribution in [0.5, 0.6) is 5.75 Å². The average Bonchev–Trinajstić information content (AvgIpc) is 2.65. The molecule has 0 radical (unpaired) electrons. The number of hydrogen-bond donors (Lipinski definition) is 1. The maximum absolute atomic E-state index is 12.1. The Kier molecular flexibility index (Phi) is 8.33. The van der Waals surface area contributed by atoms with E-state index in [9.17, 15) is 9.59 Å². The third-order valence-corrected chi connectivity index (χ3v) is 4.33. The molecule has 0 atom stereocenters. The first-order valence-corrected chi connectivity index (χ1v) is 9.75. The zero-order valence-electron chi connectivity index (χ0n) is 15.6. The van der Waals surface area contributed by atoms with Gasteiger partial charge in [0.2, 0.25) is 5.91 Å². The van der Waals surface area contributed by atoms with Crippen molar-refractivity contribution in [1.82, 2.24) is 0 Å². The summed E-state index contributed by atoms with van der Waals surface area (Å²) in [5, 5.41) is 2.80. The van der Waals surface area contributed by atoms with Gasteiger partial charge in [-0.3, -0.25) is 4.79 Å².